The molecule has 0 aromatic rings. The highest BCUT2D eigenvalue weighted by molar-refractivity contribution is 5.69. The Balaban J connectivity index is 3.28. The number of unbranched alkanes of at least 4 members (excludes halogenated alkanes) is 5. The minimum atomic E-state index is -0.103. The summed E-state index contributed by atoms with van der Waals surface area (Å²) < 4.78 is 9.85. The molecule has 0 fully saturated rings. The molecule has 0 bridgehead atoms. The summed E-state index contributed by atoms with van der Waals surface area (Å²) in [7, 11) is 1.60. The summed E-state index contributed by atoms with van der Waals surface area (Å²) in [5, 5.41) is 0. The van der Waals surface area contributed by atoms with E-state index in [1.54, 1.807) is 7.11 Å². The van der Waals surface area contributed by atoms with Gasteiger partial charge in [-0.1, -0.05) is 62.6 Å². The van der Waals surface area contributed by atoms with Crippen LogP contribution in [0.25, 0.3) is 0 Å². The minimum absolute atomic E-state index is 0.103. The van der Waals surface area contributed by atoms with Crippen LogP contribution in [0.3, 0.4) is 0 Å². The molecule has 3 heteroatoms. The van der Waals surface area contributed by atoms with Crippen LogP contribution in [0.1, 0.15) is 71.1 Å². The third kappa shape index (κ3) is 18.7. The molecule has 24 heavy (non-hydrogen) atoms. The van der Waals surface area contributed by atoms with Crippen molar-refractivity contribution in [2.24, 2.45) is 0 Å². The maximum Gasteiger partial charge on any atom is 0.305 e. The van der Waals surface area contributed by atoms with Gasteiger partial charge in [-0.3, -0.25) is 4.79 Å². The van der Waals surface area contributed by atoms with Crippen molar-refractivity contribution in [3.05, 3.63) is 36.5 Å². The van der Waals surface area contributed by atoms with Gasteiger partial charge < -0.3 is 9.47 Å². The van der Waals surface area contributed by atoms with E-state index in [9.17, 15) is 4.79 Å². The zero-order valence-corrected chi connectivity index (χ0v) is 15.7. The lowest BCUT2D eigenvalue weighted by Gasteiger charge is -2.03. The van der Waals surface area contributed by atoms with E-state index in [0.717, 1.165) is 38.5 Å². The smallest absolute Gasteiger partial charge is 0.305 e. The highest BCUT2D eigenvalue weighted by Gasteiger charge is 2.01. The van der Waals surface area contributed by atoms with Gasteiger partial charge in [-0.05, 0) is 38.5 Å². The summed E-state index contributed by atoms with van der Waals surface area (Å²) in [4.78, 5) is 11.4. The standard InChI is InChI=1S/C21H36O3/c1-3-4-5-6-7-8-9-10-11-12-13-14-15-16-17-18-21(22)24-20-19-23-2/h4-5,7-8,10-11H,3,6,9,12-20H2,1-2H3/b5-4-,8-7-,11-10-. The van der Waals surface area contributed by atoms with Gasteiger partial charge in [-0.2, -0.15) is 0 Å². The fourth-order valence-electron chi connectivity index (χ4n) is 2.20. The second-order valence-corrected chi connectivity index (χ2v) is 5.81. The Kier molecular flexibility index (Phi) is 18.6. The number of ether oxygens (including phenoxy) is 2. The molecule has 0 aliphatic rings. The lowest BCUT2D eigenvalue weighted by atomic mass is 10.1. The SMILES string of the molecule is CC/C=C\C/C=C\C/C=C\CCCCCCCC(=O)OCCOC. The van der Waals surface area contributed by atoms with Crippen LogP contribution >= 0.6 is 0 Å². The molecule has 0 aliphatic heterocycles. The van der Waals surface area contributed by atoms with Crippen molar-refractivity contribution in [1.29, 1.82) is 0 Å². The van der Waals surface area contributed by atoms with Gasteiger partial charge in [-0.15, -0.1) is 0 Å². The molecule has 0 aromatic carbocycles. The van der Waals surface area contributed by atoms with Gasteiger partial charge in [0, 0.05) is 13.5 Å². The predicted molar refractivity (Wildman–Crippen MR) is 102 cm³/mol. The summed E-state index contributed by atoms with van der Waals surface area (Å²) in [5.74, 6) is -0.103. The lowest BCUT2D eigenvalue weighted by Crippen LogP contribution is -2.09. The van der Waals surface area contributed by atoms with Crippen molar-refractivity contribution in [2.75, 3.05) is 20.3 Å². The molecule has 0 unspecified atom stereocenters. The summed E-state index contributed by atoms with van der Waals surface area (Å²) in [6, 6.07) is 0. The fraction of sp³-hybridized carbons (Fsp3) is 0.667. The molecule has 0 aliphatic carbocycles. The van der Waals surface area contributed by atoms with Crippen LogP contribution < -0.4 is 0 Å². The Hall–Kier alpha value is -1.35. The van der Waals surface area contributed by atoms with Crippen molar-refractivity contribution in [2.45, 2.75) is 71.1 Å². The molecule has 0 atom stereocenters. The Morgan fingerprint density at radius 1 is 0.792 bits per heavy atom. The zero-order chi connectivity index (χ0) is 17.7. The number of allylic oxidation sites excluding steroid dienone is 6. The van der Waals surface area contributed by atoms with E-state index >= 15 is 0 Å². The lowest BCUT2D eigenvalue weighted by molar-refractivity contribution is -0.145. The summed E-state index contributed by atoms with van der Waals surface area (Å²) in [6.07, 6.45) is 24.0. The average molecular weight is 337 g/mol. The van der Waals surface area contributed by atoms with E-state index in [4.69, 9.17) is 9.47 Å². The number of carbonyl (C=O) groups is 1. The van der Waals surface area contributed by atoms with Gasteiger partial charge in [0.1, 0.15) is 6.61 Å². The highest BCUT2D eigenvalue weighted by Crippen LogP contribution is 2.08. The van der Waals surface area contributed by atoms with Gasteiger partial charge in [0.15, 0.2) is 0 Å². The summed E-state index contributed by atoms with van der Waals surface area (Å²) in [5.41, 5.74) is 0. The molecule has 0 heterocycles. The van der Waals surface area contributed by atoms with Crippen molar-refractivity contribution >= 4 is 5.97 Å². The number of carbonyl (C=O) groups excluding carboxylic acids is 1. The van der Waals surface area contributed by atoms with Gasteiger partial charge >= 0.3 is 5.97 Å². The van der Waals surface area contributed by atoms with Crippen LogP contribution in [0, 0.1) is 0 Å². The van der Waals surface area contributed by atoms with Gasteiger partial charge in [0.05, 0.1) is 6.61 Å². The molecule has 0 amide bonds. The number of hydrogen-bond donors (Lipinski definition) is 0. The molecular formula is C21H36O3. The van der Waals surface area contributed by atoms with Crippen molar-refractivity contribution in [3.8, 4) is 0 Å². The van der Waals surface area contributed by atoms with Crippen LogP contribution in [0.15, 0.2) is 36.5 Å². The van der Waals surface area contributed by atoms with E-state index in [-0.39, 0.29) is 5.97 Å². The van der Waals surface area contributed by atoms with Crippen LogP contribution in [0.4, 0.5) is 0 Å². The van der Waals surface area contributed by atoms with E-state index in [2.05, 4.69) is 43.4 Å². The van der Waals surface area contributed by atoms with Crippen molar-refractivity contribution < 1.29 is 14.3 Å². The first-order valence-electron chi connectivity index (χ1n) is 9.40. The van der Waals surface area contributed by atoms with E-state index in [1.807, 2.05) is 0 Å². The molecule has 0 saturated heterocycles. The quantitative estimate of drug-likeness (QED) is 0.204. The van der Waals surface area contributed by atoms with E-state index in [1.165, 1.54) is 19.3 Å². The Bertz CT molecular complexity index is 356. The van der Waals surface area contributed by atoms with Crippen LogP contribution in [-0.4, -0.2) is 26.3 Å². The molecular weight excluding hydrogens is 300 g/mol. The predicted octanol–water partition coefficient (Wildman–Crippen LogP) is 5.77. The van der Waals surface area contributed by atoms with E-state index in [0.29, 0.717) is 19.6 Å². The monoisotopic (exact) mass is 336 g/mol. The number of hydrogen-bond acceptors (Lipinski definition) is 3. The largest absolute Gasteiger partial charge is 0.463 e. The normalized spacial score (nSPS) is 11.9. The third-order valence-corrected chi connectivity index (χ3v) is 3.58. The molecule has 0 spiro atoms. The second kappa shape index (κ2) is 19.7. The summed E-state index contributed by atoms with van der Waals surface area (Å²) >= 11 is 0. The maximum atomic E-state index is 11.4. The number of rotatable bonds is 16. The molecule has 0 rings (SSSR count). The summed E-state index contributed by atoms with van der Waals surface area (Å²) in [6.45, 7) is 3.00. The minimum Gasteiger partial charge on any atom is -0.463 e. The molecule has 138 valence electrons. The second-order valence-electron chi connectivity index (χ2n) is 5.81. The Labute approximate surface area is 148 Å². The van der Waals surface area contributed by atoms with Crippen LogP contribution in [-0.2, 0) is 14.3 Å². The maximum absolute atomic E-state index is 11.4. The average Bonchev–Trinajstić information content (AvgIpc) is 2.58. The first-order valence-corrected chi connectivity index (χ1v) is 9.40. The van der Waals surface area contributed by atoms with Crippen LogP contribution in [0.5, 0.6) is 0 Å². The molecule has 0 saturated carbocycles. The zero-order valence-electron chi connectivity index (χ0n) is 15.7. The van der Waals surface area contributed by atoms with E-state index < -0.39 is 0 Å². The van der Waals surface area contributed by atoms with Gasteiger partial charge in [0.25, 0.3) is 0 Å². The number of esters is 1. The highest BCUT2D eigenvalue weighted by atomic mass is 16.6. The third-order valence-electron chi connectivity index (χ3n) is 3.58. The Morgan fingerprint density at radius 2 is 1.42 bits per heavy atom. The van der Waals surface area contributed by atoms with Gasteiger partial charge in [0.2, 0.25) is 0 Å². The first-order chi connectivity index (χ1) is 11.8. The fourth-order valence-corrected chi connectivity index (χ4v) is 2.20. The first kappa shape index (κ1) is 22.6. The molecule has 0 aromatic heterocycles. The van der Waals surface area contributed by atoms with Gasteiger partial charge in [-0.25, -0.2) is 0 Å². The Morgan fingerprint density at radius 3 is 2.12 bits per heavy atom. The molecule has 0 N–H and O–H groups in total. The van der Waals surface area contributed by atoms with Crippen molar-refractivity contribution in [3.63, 3.8) is 0 Å². The van der Waals surface area contributed by atoms with Crippen LogP contribution in [0.2, 0.25) is 0 Å². The topological polar surface area (TPSA) is 35.5 Å². The molecule has 3 nitrogen and oxygen atoms in total. The molecule has 0 radical (unpaired) electrons. The van der Waals surface area contributed by atoms with Crippen molar-refractivity contribution in [1.82, 2.24) is 0 Å². The number of methoxy groups -OCH3 is 1.